The highest BCUT2D eigenvalue weighted by molar-refractivity contribution is 8.00. The van der Waals surface area contributed by atoms with Gasteiger partial charge in [0.1, 0.15) is 5.03 Å². The van der Waals surface area contributed by atoms with E-state index in [4.69, 9.17) is 4.74 Å². The molecule has 1 aromatic heterocycles. The van der Waals surface area contributed by atoms with Gasteiger partial charge in [-0.2, -0.15) is 0 Å². The number of rotatable bonds is 4. The topological polar surface area (TPSA) is 34.2 Å². The summed E-state index contributed by atoms with van der Waals surface area (Å²) in [5.41, 5.74) is 1.27. The van der Waals surface area contributed by atoms with E-state index in [0.29, 0.717) is 11.4 Å². The van der Waals surface area contributed by atoms with Crippen molar-refractivity contribution in [2.45, 2.75) is 36.3 Å². The number of aromatic nitrogens is 1. The average molecular weight is 238 g/mol. The summed E-state index contributed by atoms with van der Waals surface area (Å²) < 4.78 is 5.57. The lowest BCUT2D eigenvalue weighted by Crippen LogP contribution is -2.14. The molecule has 1 aromatic rings. The standard InChI is InChI=1S/C12H18N2OS/c1-9-11(5-7-15-9)16-12-10(8-13-2)4-3-6-14-12/h3-4,6,9,11,13H,5,7-8H2,1-2H3. The van der Waals surface area contributed by atoms with Gasteiger partial charge < -0.3 is 10.1 Å². The van der Waals surface area contributed by atoms with Gasteiger partial charge in [0.15, 0.2) is 0 Å². The number of pyridine rings is 1. The Labute approximate surface area is 101 Å². The van der Waals surface area contributed by atoms with E-state index in [1.165, 1.54) is 5.56 Å². The van der Waals surface area contributed by atoms with E-state index >= 15 is 0 Å². The molecule has 2 rings (SSSR count). The first kappa shape index (κ1) is 11.9. The maximum Gasteiger partial charge on any atom is 0.101 e. The van der Waals surface area contributed by atoms with Crippen LogP contribution in [0.4, 0.5) is 0 Å². The third kappa shape index (κ3) is 2.75. The Hall–Kier alpha value is -0.580. The molecule has 2 heterocycles. The number of thioether (sulfide) groups is 1. The van der Waals surface area contributed by atoms with Gasteiger partial charge in [0.2, 0.25) is 0 Å². The van der Waals surface area contributed by atoms with Crippen LogP contribution in [0.2, 0.25) is 0 Å². The molecule has 1 N–H and O–H groups in total. The van der Waals surface area contributed by atoms with Crippen LogP contribution in [-0.2, 0) is 11.3 Å². The van der Waals surface area contributed by atoms with Gasteiger partial charge >= 0.3 is 0 Å². The largest absolute Gasteiger partial charge is 0.377 e. The maximum atomic E-state index is 5.57. The van der Waals surface area contributed by atoms with Crippen molar-refractivity contribution < 1.29 is 4.74 Å². The zero-order valence-corrected chi connectivity index (χ0v) is 10.6. The second kappa shape index (κ2) is 5.66. The highest BCUT2D eigenvalue weighted by atomic mass is 32.2. The fraction of sp³-hybridized carbons (Fsp3) is 0.583. The summed E-state index contributed by atoms with van der Waals surface area (Å²) in [7, 11) is 1.96. The minimum Gasteiger partial charge on any atom is -0.377 e. The first-order valence-corrected chi connectivity index (χ1v) is 6.56. The lowest BCUT2D eigenvalue weighted by molar-refractivity contribution is 0.127. The molecule has 0 spiro atoms. The van der Waals surface area contributed by atoms with E-state index in [-0.39, 0.29) is 0 Å². The Bertz CT molecular complexity index is 346. The molecule has 1 fully saturated rings. The first-order valence-electron chi connectivity index (χ1n) is 5.68. The molecule has 0 aliphatic carbocycles. The maximum absolute atomic E-state index is 5.57. The third-order valence-corrected chi connectivity index (χ3v) is 4.30. The monoisotopic (exact) mass is 238 g/mol. The van der Waals surface area contributed by atoms with E-state index < -0.39 is 0 Å². The lowest BCUT2D eigenvalue weighted by atomic mass is 10.2. The number of ether oxygens (including phenoxy) is 1. The summed E-state index contributed by atoms with van der Waals surface area (Å²) in [5, 5.41) is 4.86. The Morgan fingerprint density at radius 3 is 3.19 bits per heavy atom. The first-order chi connectivity index (χ1) is 7.81. The molecule has 0 aromatic carbocycles. The van der Waals surface area contributed by atoms with Crippen LogP contribution in [0.3, 0.4) is 0 Å². The smallest absolute Gasteiger partial charge is 0.101 e. The predicted octanol–water partition coefficient (Wildman–Crippen LogP) is 2.07. The van der Waals surface area contributed by atoms with Crippen molar-refractivity contribution in [3.63, 3.8) is 0 Å². The van der Waals surface area contributed by atoms with Crippen LogP contribution in [0.5, 0.6) is 0 Å². The molecule has 1 saturated heterocycles. The van der Waals surface area contributed by atoms with Crippen molar-refractivity contribution >= 4 is 11.8 Å². The molecule has 0 bridgehead atoms. The Morgan fingerprint density at radius 1 is 1.62 bits per heavy atom. The number of hydrogen-bond acceptors (Lipinski definition) is 4. The van der Waals surface area contributed by atoms with Gasteiger partial charge in [-0.15, -0.1) is 0 Å². The van der Waals surface area contributed by atoms with Crippen LogP contribution in [0, 0.1) is 0 Å². The van der Waals surface area contributed by atoms with E-state index in [2.05, 4.69) is 23.3 Å². The molecular weight excluding hydrogens is 220 g/mol. The molecule has 88 valence electrons. The van der Waals surface area contributed by atoms with Crippen LogP contribution < -0.4 is 5.32 Å². The van der Waals surface area contributed by atoms with Gasteiger partial charge in [-0.25, -0.2) is 4.98 Å². The molecular formula is C12H18N2OS. The van der Waals surface area contributed by atoms with Crippen molar-refractivity contribution in [2.24, 2.45) is 0 Å². The van der Waals surface area contributed by atoms with E-state index in [1.807, 2.05) is 31.1 Å². The SMILES string of the molecule is CNCc1cccnc1SC1CCOC1C. The molecule has 4 heteroatoms. The molecule has 1 aliphatic rings. The molecule has 0 radical (unpaired) electrons. The van der Waals surface area contributed by atoms with Crippen molar-refractivity contribution in [1.29, 1.82) is 0 Å². The predicted molar refractivity (Wildman–Crippen MR) is 66.7 cm³/mol. The fourth-order valence-corrected chi connectivity index (χ4v) is 3.05. The molecule has 1 aliphatic heterocycles. The zero-order valence-electron chi connectivity index (χ0n) is 9.77. The Balaban J connectivity index is 2.07. The van der Waals surface area contributed by atoms with Gasteiger partial charge in [-0.05, 0) is 32.0 Å². The van der Waals surface area contributed by atoms with Crippen LogP contribution in [0.1, 0.15) is 18.9 Å². The summed E-state index contributed by atoms with van der Waals surface area (Å²) in [6.07, 6.45) is 3.33. The number of nitrogens with zero attached hydrogens (tertiary/aromatic N) is 1. The number of nitrogens with one attached hydrogen (secondary N) is 1. The van der Waals surface area contributed by atoms with E-state index in [0.717, 1.165) is 24.6 Å². The van der Waals surface area contributed by atoms with E-state index in [9.17, 15) is 0 Å². The molecule has 2 atom stereocenters. The third-order valence-electron chi connectivity index (χ3n) is 2.79. The van der Waals surface area contributed by atoms with Crippen molar-refractivity contribution in [1.82, 2.24) is 10.3 Å². The zero-order chi connectivity index (χ0) is 11.4. The Kier molecular flexibility index (Phi) is 4.21. The molecule has 3 nitrogen and oxygen atoms in total. The average Bonchev–Trinajstić information content (AvgIpc) is 2.68. The highest BCUT2D eigenvalue weighted by Gasteiger charge is 2.26. The summed E-state index contributed by atoms with van der Waals surface area (Å²) in [4.78, 5) is 4.46. The quantitative estimate of drug-likeness (QED) is 0.871. The van der Waals surface area contributed by atoms with Crippen molar-refractivity contribution in [2.75, 3.05) is 13.7 Å². The van der Waals surface area contributed by atoms with Crippen LogP contribution in [-0.4, -0.2) is 30.0 Å². The van der Waals surface area contributed by atoms with Crippen molar-refractivity contribution in [3.8, 4) is 0 Å². The van der Waals surface area contributed by atoms with E-state index in [1.54, 1.807) is 0 Å². The minimum atomic E-state index is 0.342. The summed E-state index contributed by atoms with van der Waals surface area (Å²) >= 11 is 1.85. The molecule has 0 amide bonds. The van der Waals surface area contributed by atoms with Crippen LogP contribution in [0.25, 0.3) is 0 Å². The van der Waals surface area contributed by atoms with Crippen molar-refractivity contribution in [3.05, 3.63) is 23.9 Å². The Morgan fingerprint density at radius 2 is 2.50 bits per heavy atom. The van der Waals surface area contributed by atoms with Crippen LogP contribution in [0.15, 0.2) is 23.4 Å². The van der Waals surface area contributed by atoms with Gasteiger partial charge in [0.25, 0.3) is 0 Å². The molecule has 16 heavy (non-hydrogen) atoms. The lowest BCUT2D eigenvalue weighted by Gasteiger charge is -2.15. The number of hydrogen-bond donors (Lipinski definition) is 1. The summed E-state index contributed by atoms with van der Waals surface area (Å²) in [5.74, 6) is 0. The normalized spacial score (nSPS) is 24.9. The molecule has 2 unspecified atom stereocenters. The van der Waals surface area contributed by atoms with Gasteiger partial charge in [-0.3, -0.25) is 0 Å². The van der Waals surface area contributed by atoms with Gasteiger partial charge in [-0.1, -0.05) is 17.8 Å². The summed E-state index contributed by atoms with van der Waals surface area (Å²) in [6, 6.07) is 4.12. The minimum absolute atomic E-state index is 0.342. The fourth-order valence-electron chi connectivity index (χ4n) is 1.87. The highest BCUT2D eigenvalue weighted by Crippen LogP contribution is 2.32. The van der Waals surface area contributed by atoms with Gasteiger partial charge in [0, 0.05) is 24.6 Å². The second-order valence-electron chi connectivity index (χ2n) is 4.02. The van der Waals surface area contributed by atoms with Gasteiger partial charge in [0.05, 0.1) is 6.10 Å². The van der Waals surface area contributed by atoms with Crippen LogP contribution >= 0.6 is 11.8 Å². The second-order valence-corrected chi connectivity index (χ2v) is 5.25. The molecule has 0 saturated carbocycles. The summed E-state index contributed by atoms with van der Waals surface area (Å²) in [6.45, 7) is 3.90.